The lowest BCUT2D eigenvalue weighted by atomic mass is 10.2. The second-order valence-electron chi connectivity index (χ2n) is 5.11. The van der Waals surface area contributed by atoms with Gasteiger partial charge in [-0.25, -0.2) is 4.98 Å². The van der Waals surface area contributed by atoms with Gasteiger partial charge in [0.15, 0.2) is 0 Å². The molecule has 23 heavy (non-hydrogen) atoms. The number of aryl methyl sites for hydroxylation is 1. The first kappa shape index (κ1) is 14.6. The zero-order valence-electron chi connectivity index (χ0n) is 12.4. The number of H-pyrrole nitrogens is 1. The molecule has 3 aromatic rings. The zero-order chi connectivity index (χ0) is 16.4. The molecule has 0 saturated carbocycles. The molecule has 0 unspecified atom stereocenters. The van der Waals surface area contributed by atoms with E-state index in [-0.39, 0.29) is 18.4 Å². The topological polar surface area (TPSA) is 129 Å². The van der Waals surface area contributed by atoms with Gasteiger partial charge in [-0.2, -0.15) is 4.98 Å². The molecule has 0 spiro atoms. The van der Waals surface area contributed by atoms with Crippen LogP contribution in [0.15, 0.2) is 30.5 Å². The average molecular weight is 312 g/mol. The number of aromatic hydroxyl groups is 1. The fraction of sp³-hybridized carbons (Fsp3) is 0.133. The minimum Gasteiger partial charge on any atom is -0.494 e. The van der Waals surface area contributed by atoms with Crippen LogP contribution in [0.5, 0.6) is 5.88 Å². The Morgan fingerprint density at radius 3 is 2.96 bits per heavy atom. The summed E-state index contributed by atoms with van der Waals surface area (Å²) in [5.41, 5.74) is 7.54. The Hall–Kier alpha value is -3.29. The SMILES string of the molecule is Cc1cccc(Nc2nc(NCC(N)=O)nc3c[nH]c(O)c23)c1. The summed E-state index contributed by atoms with van der Waals surface area (Å²) < 4.78 is 0. The Kier molecular flexibility index (Phi) is 3.71. The first-order valence-corrected chi connectivity index (χ1v) is 6.97. The zero-order valence-corrected chi connectivity index (χ0v) is 12.4. The van der Waals surface area contributed by atoms with Crippen LogP contribution in [0.25, 0.3) is 10.9 Å². The van der Waals surface area contributed by atoms with Crippen molar-refractivity contribution in [3.05, 3.63) is 36.0 Å². The van der Waals surface area contributed by atoms with E-state index in [1.165, 1.54) is 0 Å². The van der Waals surface area contributed by atoms with Crippen LogP contribution < -0.4 is 16.4 Å². The lowest BCUT2D eigenvalue weighted by Crippen LogP contribution is -2.22. The van der Waals surface area contributed by atoms with Crippen molar-refractivity contribution in [1.82, 2.24) is 15.0 Å². The van der Waals surface area contributed by atoms with Crippen LogP contribution in [0.2, 0.25) is 0 Å². The molecule has 6 N–H and O–H groups in total. The van der Waals surface area contributed by atoms with Crippen molar-refractivity contribution >= 4 is 34.3 Å². The number of carbonyl (C=O) groups is 1. The number of aromatic nitrogens is 3. The Labute approximate surface area is 131 Å². The van der Waals surface area contributed by atoms with Crippen molar-refractivity contribution in [3.63, 3.8) is 0 Å². The van der Waals surface area contributed by atoms with Gasteiger partial charge in [0, 0.05) is 11.9 Å². The lowest BCUT2D eigenvalue weighted by molar-refractivity contribution is -0.116. The van der Waals surface area contributed by atoms with E-state index in [1.807, 2.05) is 31.2 Å². The van der Waals surface area contributed by atoms with Gasteiger partial charge in [-0.1, -0.05) is 12.1 Å². The summed E-state index contributed by atoms with van der Waals surface area (Å²) in [7, 11) is 0. The minimum atomic E-state index is -0.515. The molecule has 3 rings (SSSR count). The Morgan fingerprint density at radius 1 is 1.39 bits per heavy atom. The molecule has 118 valence electrons. The highest BCUT2D eigenvalue weighted by molar-refractivity contribution is 5.96. The van der Waals surface area contributed by atoms with Crippen LogP contribution in [-0.4, -0.2) is 32.5 Å². The third-order valence-electron chi connectivity index (χ3n) is 3.22. The highest BCUT2D eigenvalue weighted by Gasteiger charge is 2.14. The van der Waals surface area contributed by atoms with E-state index < -0.39 is 5.91 Å². The Bertz CT molecular complexity index is 874. The number of hydrogen-bond donors (Lipinski definition) is 5. The Balaban J connectivity index is 2.02. The largest absolute Gasteiger partial charge is 0.494 e. The fourth-order valence-electron chi connectivity index (χ4n) is 2.22. The predicted molar refractivity (Wildman–Crippen MR) is 87.7 cm³/mol. The summed E-state index contributed by atoms with van der Waals surface area (Å²) in [5.74, 6) is 0.118. The number of hydrogen-bond acceptors (Lipinski definition) is 6. The summed E-state index contributed by atoms with van der Waals surface area (Å²) in [5, 5.41) is 16.3. The fourth-order valence-corrected chi connectivity index (χ4v) is 2.22. The summed E-state index contributed by atoms with van der Waals surface area (Å²) in [4.78, 5) is 22.1. The van der Waals surface area contributed by atoms with Crippen LogP contribution in [0.3, 0.4) is 0 Å². The van der Waals surface area contributed by atoms with Gasteiger partial charge in [-0.15, -0.1) is 0 Å². The number of rotatable bonds is 5. The van der Waals surface area contributed by atoms with Gasteiger partial charge in [0.25, 0.3) is 0 Å². The molecule has 0 radical (unpaired) electrons. The van der Waals surface area contributed by atoms with E-state index in [9.17, 15) is 9.90 Å². The second-order valence-corrected chi connectivity index (χ2v) is 5.11. The number of aromatic amines is 1. The number of nitrogens with two attached hydrogens (primary N) is 1. The van der Waals surface area contributed by atoms with Gasteiger partial charge in [0.2, 0.25) is 17.7 Å². The van der Waals surface area contributed by atoms with E-state index in [0.717, 1.165) is 11.3 Å². The maximum absolute atomic E-state index is 10.9. The number of amides is 1. The Morgan fingerprint density at radius 2 is 2.22 bits per heavy atom. The molecule has 2 aromatic heterocycles. The molecule has 0 atom stereocenters. The van der Waals surface area contributed by atoms with Gasteiger partial charge >= 0.3 is 0 Å². The van der Waals surface area contributed by atoms with Gasteiger partial charge in [-0.3, -0.25) is 4.79 Å². The first-order valence-electron chi connectivity index (χ1n) is 6.97. The highest BCUT2D eigenvalue weighted by Crippen LogP contribution is 2.31. The average Bonchev–Trinajstić information content (AvgIpc) is 2.87. The number of fused-ring (bicyclic) bond motifs is 1. The molecule has 0 saturated heterocycles. The number of nitrogens with zero attached hydrogens (tertiary/aromatic N) is 2. The molecule has 0 fully saturated rings. The standard InChI is InChI=1S/C15H16N6O2/c1-8-3-2-4-9(5-8)19-13-12-10(6-17-14(12)23)20-15(21-13)18-7-11(16)22/h2-6,17,23H,7H2,1H3,(H2,16,22)(H2,18,19,20,21). The second kappa shape index (κ2) is 5.84. The number of primary amides is 1. The van der Waals surface area contributed by atoms with Crippen molar-refractivity contribution in [3.8, 4) is 5.88 Å². The van der Waals surface area contributed by atoms with Crippen LogP contribution in [0.1, 0.15) is 5.56 Å². The maximum Gasteiger partial charge on any atom is 0.236 e. The van der Waals surface area contributed by atoms with Crippen molar-refractivity contribution in [2.45, 2.75) is 6.92 Å². The third-order valence-corrected chi connectivity index (χ3v) is 3.22. The summed E-state index contributed by atoms with van der Waals surface area (Å²) >= 11 is 0. The predicted octanol–water partition coefficient (Wildman–Crippen LogP) is 1.61. The van der Waals surface area contributed by atoms with E-state index in [1.54, 1.807) is 6.20 Å². The molecule has 1 aromatic carbocycles. The molecule has 0 aliphatic heterocycles. The maximum atomic E-state index is 10.9. The van der Waals surface area contributed by atoms with E-state index >= 15 is 0 Å². The number of nitrogens with one attached hydrogen (secondary N) is 3. The lowest BCUT2D eigenvalue weighted by Gasteiger charge is -2.10. The van der Waals surface area contributed by atoms with Crippen molar-refractivity contribution < 1.29 is 9.90 Å². The molecule has 0 aliphatic rings. The molecule has 0 bridgehead atoms. The van der Waals surface area contributed by atoms with Crippen LogP contribution >= 0.6 is 0 Å². The monoisotopic (exact) mass is 312 g/mol. The molecular weight excluding hydrogens is 296 g/mol. The molecular formula is C15H16N6O2. The normalized spacial score (nSPS) is 10.7. The third kappa shape index (κ3) is 3.15. The minimum absolute atomic E-state index is 0.0309. The number of benzene rings is 1. The summed E-state index contributed by atoms with van der Waals surface area (Å²) in [6.45, 7) is 1.90. The van der Waals surface area contributed by atoms with Crippen LogP contribution in [-0.2, 0) is 4.79 Å². The highest BCUT2D eigenvalue weighted by atomic mass is 16.3. The van der Waals surface area contributed by atoms with Crippen LogP contribution in [0, 0.1) is 6.92 Å². The first-order chi connectivity index (χ1) is 11.0. The van der Waals surface area contributed by atoms with Crippen molar-refractivity contribution in [2.24, 2.45) is 5.73 Å². The smallest absolute Gasteiger partial charge is 0.236 e. The molecule has 2 heterocycles. The van der Waals surface area contributed by atoms with Gasteiger partial charge in [-0.05, 0) is 24.6 Å². The van der Waals surface area contributed by atoms with E-state index in [4.69, 9.17) is 5.73 Å². The van der Waals surface area contributed by atoms with Crippen molar-refractivity contribution in [2.75, 3.05) is 17.2 Å². The van der Waals surface area contributed by atoms with Gasteiger partial charge in [0.1, 0.15) is 11.2 Å². The quantitative estimate of drug-likeness (QED) is 0.487. The summed E-state index contributed by atoms with van der Waals surface area (Å²) in [6.07, 6.45) is 1.56. The molecule has 1 amide bonds. The molecule has 8 heteroatoms. The van der Waals surface area contributed by atoms with E-state index in [0.29, 0.717) is 16.7 Å². The van der Waals surface area contributed by atoms with Crippen LogP contribution in [0.4, 0.5) is 17.5 Å². The number of anilines is 3. The molecule has 8 nitrogen and oxygen atoms in total. The molecule has 0 aliphatic carbocycles. The van der Waals surface area contributed by atoms with Gasteiger partial charge < -0.3 is 26.5 Å². The summed E-state index contributed by atoms with van der Waals surface area (Å²) in [6, 6.07) is 7.74. The number of carbonyl (C=O) groups excluding carboxylic acids is 1. The van der Waals surface area contributed by atoms with E-state index in [2.05, 4.69) is 25.6 Å². The van der Waals surface area contributed by atoms with Gasteiger partial charge in [0.05, 0.1) is 12.1 Å². The van der Waals surface area contributed by atoms with Crippen molar-refractivity contribution in [1.29, 1.82) is 0 Å².